The molecule has 0 bridgehead atoms. The van der Waals surface area contributed by atoms with Crippen molar-refractivity contribution < 1.29 is 14.3 Å². The van der Waals surface area contributed by atoms with E-state index in [1.807, 2.05) is 24.1 Å². The largest absolute Gasteiger partial charge is 0.379 e. The molecule has 2 aromatic heterocycles. The van der Waals surface area contributed by atoms with Gasteiger partial charge in [-0.15, -0.1) is 0 Å². The molecule has 206 valence electrons. The normalized spacial score (nSPS) is 22.1. The third-order valence-electron chi connectivity index (χ3n) is 8.33. The summed E-state index contributed by atoms with van der Waals surface area (Å²) in [4.78, 5) is 31.4. The highest BCUT2D eigenvalue weighted by atomic mass is 16.5. The predicted octanol–water partition coefficient (Wildman–Crippen LogP) is 2.67. The van der Waals surface area contributed by atoms with Crippen molar-refractivity contribution in [2.24, 2.45) is 0 Å². The molecule has 5 heterocycles. The summed E-state index contributed by atoms with van der Waals surface area (Å²) in [7, 11) is 1.74. The molecule has 2 atom stereocenters. The lowest BCUT2D eigenvalue weighted by atomic mass is 9.99. The van der Waals surface area contributed by atoms with Crippen LogP contribution in [0.1, 0.15) is 41.1 Å². The molecule has 39 heavy (non-hydrogen) atoms. The van der Waals surface area contributed by atoms with Gasteiger partial charge in [0.1, 0.15) is 23.7 Å². The minimum absolute atomic E-state index is 0.0136. The Morgan fingerprint density at radius 2 is 1.87 bits per heavy atom. The van der Waals surface area contributed by atoms with E-state index in [-0.39, 0.29) is 12.0 Å². The first kappa shape index (κ1) is 25.9. The van der Waals surface area contributed by atoms with Crippen molar-refractivity contribution in [3.8, 4) is 11.3 Å². The number of methoxy groups -OCH3 is 1. The summed E-state index contributed by atoms with van der Waals surface area (Å²) in [6.45, 7) is 7.02. The van der Waals surface area contributed by atoms with Gasteiger partial charge in [-0.2, -0.15) is 0 Å². The molecule has 1 N–H and O–H groups in total. The Morgan fingerprint density at radius 3 is 2.67 bits per heavy atom. The number of hydrogen-bond donors (Lipinski definition) is 1. The third-order valence-corrected chi connectivity index (χ3v) is 8.33. The summed E-state index contributed by atoms with van der Waals surface area (Å²) in [6, 6.07) is 11.0. The molecule has 2 fully saturated rings. The Balaban J connectivity index is 1.10. The first-order chi connectivity index (χ1) is 19.1. The monoisotopic (exact) mass is 531 g/mol. The summed E-state index contributed by atoms with van der Waals surface area (Å²) in [5.41, 5.74) is 3.62. The number of nitrogens with one attached hydrogen (secondary N) is 1. The van der Waals surface area contributed by atoms with Gasteiger partial charge in [0.2, 0.25) is 0 Å². The predicted molar refractivity (Wildman–Crippen MR) is 148 cm³/mol. The molecule has 2 unspecified atom stereocenters. The number of imidazole rings is 1. The number of amides is 1. The van der Waals surface area contributed by atoms with E-state index in [0.717, 1.165) is 61.9 Å². The van der Waals surface area contributed by atoms with E-state index in [9.17, 15) is 4.79 Å². The summed E-state index contributed by atoms with van der Waals surface area (Å²) < 4.78 is 13.4. The number of carbonyl (C=O) groups is 1. The van der Waals surface area contributed by atoms with E-state index in [4.69, 9.17) is 14.5 Å². The number of aromatic nitrogens is 4. The van der Waals surface area contributed by atoms with Gasteiger partial charge in [-0.25, -0.2) is 15.0 Å². The molecule has 2 saturated heterocycles. The average molecular weight is 532 g/mol. The maximum Gasteiger partial charge on any atom is 0.272 e. The molecule has 0 spiro atoms. The lowest BCUT2D eigenvalue weighted by Crippen LogP contribution is -2.54. The maximum absolute atomic E-state index is 13.6. The van der Waals surface area contributed by atoms with Crippen molar-refractivity contribution >= 4 is 11.7 Å². The summed E-state index contributed by atoms with van der Waals surface area (Å²) in [5, 5.41) is 3.76. The van der Waals surface area contributed by atoms with Gasteiger partial charge in [0.25, 0.3) is 5.91 Å². The molecule has 10 nitrogen and oxygen atoms in total. The minimum atomic E-state index is -0.0136. The number of hydrogen-bond acceptors (Lipinski definition) is 8. The van der Waals surface area contributed by atoms with Crippen LogP contribution in [0.4, 0.5) is 5.82 Å². The molecular weight excluding hydrogens is 494 g/mol. The number of piperidine rings is 1. The van der Waals surface area contributed by atoms with Gasteiger partial charge in [0.05, 0.1) is 31.1 Å². The Labute approximate surface area is 229 Å². The number of nitrogens with zero attached hydrogens (tertiary/aromatic N) is 6. The fraction of sp³-hybridized carbons (Fsp3) is 0.517. The van der Waals surface area contributed by atoms with E-state index in [1.54, 1.807) is 7.11 Å². The lowest BCUT2D eigenvalue weighted by molar-refractivity contribution is -0.0533. The number of ether oxygens (including phenoxy) is 2. The zero-order valence-electron chi connectivity index (χ0n) is 22.8. The van der Waals surface area contributed by atoms with Gasteiger partial charge in [-0.05, 0) is 31.7 Å². The zero-order valence-corrected chi connectivity index (χ0v) is 22.8. The fourth-order valence-electron chi connectivity index (χ4n) is 6.09. The van der Waals surface area contributed by atoms with Crippen molar-refractivity contribution in [1.82, 2.24) is 29.7 Å². The van der Waals surface area contributed by atoms with Crippen LogP contribution >= 0.6 is 0 Å². The molecule has 10 heteroatoms. The Bertz CT molecular complexity index is 1290. The summed E-state index contributed by atoms with van der Waals surface area (Å²) in [5.74, 6) is 1.80. The van der Waals surface area contributed by atoms with Gasteiger partial charge in [-0.1, -0.05) is 30.3 Å². The third kappa shape index (κ3) is 5.28. The molecule has 0 radical (unpaired) electrons. The van der Waals surface area contributed by atoms with Crippen LogP contribution in [-0.2, 0) is 22.6 Å². The molecule has 3 aliphatic heterocycles. The van der Waals surface area contributed by atoms with E-state index in [0.29, 0.717) is 44.0 Å². The van der Waals surface area contributed by atoms with Gasteiger partial charge in [0, 0.05) is 57.5 Å². The average Bonchev–Trinajstić information content (AvgIpc) is 3.41. The first-order valence-corrected chi connectivity index (χ1v) is 13.9. The Morgan fingerprint density at radius 1 is 1.05 bits per heavy atom. The smallest absolute Gasteiger partial charge is 0.272 e. The van der Waals surface area contributed by atoms with Gasteiger partial charge in [-0.3, -0.25) is 4.79 Å². The number of likely N-dealkylation sites (tertiary alicyclic amines) is 1. The second-order valence-electron chi connectivity index (χ2n) is 10.6. The van der Waals surface area contributed by atoms with Gasteiger partial charge < -0.3 is 29.2 Å². The topological polar surface area (TPSA) is 97.6 Å². The van der Waals surface area contributed by atoms with Crippen LogP contribution in [0.5, 0.6) is 0 Å². The highest BCUT2D eigenvalue weighted by molar-refractivity contribution is 5.94. The molecule has 0 saturated carbocycles. The highest BCUT2D eigenvalue weighted by Gasteiger charge is 2.32. The number of anilines is 1. The van der Waals surface area contributed by atoms with Crippen LogP contribution in [0.15, 0.2) is 42.9 Å². The van der Waals surface area contributed by atoms with Crippen LogP contribution in [-0.4, -0.2) is 88.5 Å². The lowest BCUT2D eigenvalue weighted by Gasteiger charge is -2.38. The summed E-state index contributed by atoms with van der Waals surface area (Å²) >= 11 is 0. The summed E-state index contributed by atoms with van der Waals surface area (Å²) in [6.07, 6.45) is 6.33. The number of rotatable bonds is 6. The molecule has 0 aliphatic carbocycles. The van der Waals surface area contributed by atoms with Gasteiger partial charge >= 0.3 is 0 Å². The van der Waals surface area contributed by atoms with Crippen molar-refractivity contribution in [2.45, 2.75) is 57.5 Å². The van der Waals surface area contributed by atoms with E-state index >= 15 is 0 Å². The van der Waals surface area contributed by atoms with Crippen LogP contribution in [0.2, 0.25) is 0 Å². The quantitative estimate of drug-likeness (QED) is 0.519. The molecule has 3 aliphatic rings. The van der Waals surface area contributed by atoms with E-state index in [1.165, 1.54) is 11.9 Å². The maximum atomic E-state index is 13.6. The van der Waals surface area contributed by atoms with Gasteiger partial charge in [0.15, 0.2) is 0 Å². The van der Waals surface area contributed by atoms with Crippen LogP contribution < -0.4 is 10.2 Å². The number of benzene rings is 1. The second kappa shape index (κ2) is 11.4. The molecule has 6 rings (SSSR count). The van der Waals surface area contributed by atoms with Crippen LogP contribution in [0.25, 0.3) is 11.3 Å². The molecule has 1 aromatic carbocycles. The zero-order chi connectivity index (χ0) is 26.8. The Hall–Kier alpha value is -3.34. The van der Waals surface area contributed by atoms with Crippen molar-refractivity contribution in [1.29, 1.82) is 0 Å². The SMILES string of the molecule is COC1COCCC1NC1CCN(C(=O)c2ncnc(N3CCn4c(-c5ccccc5)cnc4C3)c2C)CC1. The standard InChI is InChI=1S/C29H37N7O3/c1-20-27(29(37)34-11-8-22(9-12-34)33-23-10-15-39-18-25(23)38-2)31-19-32-28(20)35-13-14-36-24(16-30-26(36)17-35)21-6-4-3-5-7-21/h3-7,16,19,22-23,25,33H,8-15,17-18H2,1-2H3. The van der Waals surface area contributed by atoms with Crippen molar-refractivity contribution in [3.63, 3.8) is 0 Å². The fourth-order valence-corrected chi connectivity index (χ4v) is 6.09. The van der Waals surface area contributed by atoms with Crippen molar-refractivity contribution in [2.75, 3.05) is 44.9 Å². The number of fused-ring (bicyclic) bond motifs is 1. The minimum Gasteiger partial charge on any atom is -0.379 e. The molecule has 1 amide bonds. The first-order valence-electron chi connectivity index (χ1n) is 13.9. The molecular formula is C29H37N7O3. The Kier molecular flexibility index (Phi) is 7.58. The van der Waals surface area contributed by atoms with E-state index < -0.39 is 0 Å². The van der Waals surface area contributed by atoms with Crippen molar-refractivity contribution in [3.05, 3.63) is 59.9 Å². The second-order valence-corrected chi connectivity index (χ2v) is 10.6. The van der Waals surface area contributed by atoms with Crippen LogP contribution in [0.3, 0.4) is 0 Å². The number of carbonyl (C=O) groups excluding carboxylic acids is 1. The highest BCUT2D eigenvalue weighted by Crippen LogP contribution is 2.28. The van der Waals surface area contributed by atoms with Crippen LogP contribution in [0, 0.1) is 6.92 Å². The van der Waals surface area contributed by atoms with E-state index in [2.05, 4.69) is 49.0 Å². The molecule has 3 aromatic rings.